The molecule has 1 fully saturated rings. The van der Waals surface area contributed by atoms with Crippen LogP contribution >= 0.6 is 0 Å². The quantitative estimate of drug-likeness (QED) is 0.921. The van der Waals surface area contributed by atoms with Gasteiger partial charge in [-0.15, -0.1) is 0 Å². The molecule has 0 bridgehead atoms. The summed E-state index contributed by atoms with van der Waals surface area (Å²) in [5.74, 6) is 0.259. The Bertz CT molecular complexity index is 523. The molecule has 1 aromatic rings. The maximum absolute atomic E-state index is 12.6. The fourth-order valence-corrected chi connectivity index (χ4v) is 2.73. The highest BCUT2D eigenvalue weighted by Crippen LogP contribution is 2.22. The molecule has 1 N–H and O–H groups in total. The minimum absolute atomic E-state index is 0.00303. The Hall–Kier alpha value is -1.84. The van der Waals surface area contributed by atoms with Crippen LogP contribution in [0.3, 0.4) is 0 Å². The number of rotatable bonds is 4. The standard InChI is InChI=1S/C17H24N2O2/c1-12(2)11-19-14(10-13-8-6-5-7-9-13)15(20)18-17(3,4)16(19)21/h5-9,12,14H,10-11H2,1-4H3,(H,18,20). The average molecular weight is 288 g/mol. The lowest BCUT2D eigenvalue weighted by Crippen LogP contribution is -2.68. The van der Waals surface area contributed by atoms with E-state index in [1.54, 1.807) is 18.7 Å². The van der Waals surface area contributed by atoms with Gasteiger partial charge in [0, 0.05) is 13.0 Å². The fourth-order valence-electron chi connectivity index (χ4n) is 2.73. The highest BCUT2D eigenvalue weighted by molar-refractivity contribution is 5.99. The van der Waals surface area contributed by atoms with Crippen molar-refractivity contribution in [1.82, 2.24) is 10.2 Å². The molecule has 1 atom stereocenters. The zero-order valence-electron chi connectivity index (χ0n) is 13.2. The number of carbonyl (C=O) groups excluding carboxylic acids is 2. The summed E-state index contributed by atoms with van der Waals surface area (Å²) >= 11 is 0. The first-order valence-corrected chi connectivity index (χ1v) is 7.48. The number of nitrogens with one attached hydrogen (secondary N) is 1. The lowest BCUT2D eigenvalue weighted by molar-refractivity contribution is -0.154. The third-order valence-corrected chi connectivity index (χ3v) is 3.74. The van der Waals surface area contributed by atoms with Gasteiger partial charge < -0.3 is 10.2 Å². The fraction of sp³-hybridized carbons (Fsp3) is 0.529. The van der Waals surface area contributed by atoms with E-state index in [1.807, 2.05) is 30.3 Å². The van der Waals surface area contributed by atoms with Crippen molar-refractivity contribution in [3.63, 3.8) is 0 Å². The van der Waals surface area contributed by atoms with Crippen LogP contribution in [-0.4, -0.2) is 34.8 Å². The SMILES string of the molecule is CC(C)CN1C(=O)C(C)(C)NC(=O)C1Cc1ccccc1. The minimum Gasteiger partial charge on any atom is -0.340 e. The lowest BCUT2D eigenvalue weighted by Gasteiger charge is -2.43. The lowest BCUT2D eigenvalue weighted by atomic mass is 9.92. The van der Waals surface area contributed by atoms with Crippen LogP contribution in [-0.2, 0) is 16.0 Å². The van der Waals surface area contributed by atoms with Crippen molar-refractivity contribution in [2.45, 2.75) is 45.7 Å². The van der Waals surface area contributed by atoms with E-state index in [0.717, 1.165) is 5.56 Å². The first-order valence-electron chi connectivity index (χ1n) is 7.48. The van der Waals surface area contributed by atoms with Crippen molar-refractivity contribution in [3.05, 3.63) is 35.9 Å². The average Bonchev–Trinajstić information content (AvgIpc) is 2.40. The summed E-state index contributed by atoms with van der Waals surface area (Å²) in [6, 6.07) is 9.42. The number of carbonyl (C=O) groups is 2. The molecule has 1 aliphatic heterocycles. The third-order valence-electron chi connectivity index (χ3n) is 3.74. The number of hydrogen-bond acceptors (Lipinski definition) is 2. The van der Waals surface area contributed by atoms with E-state index in [0.29, 0.717) is 18.9 Å². The Morgan fingerprint density at radius 2 is 1.81 bits per heavy atom. The molecule has 4 nitrogen and oxygen atoms in total. The van der Waals surface area contributed by atoms with E-state index in [9.17, 15) is 9.59 Å². The third kappa shape index (κ3) is 3.43. The highest BCUT2D eigenvalue weighted by atomic mass is 16.2. The number of benzene rings is 1. The van der Waals surface area contributed by atoms with Gasteiger partial charge in [-0.05, 0) is 25.3 Å². The Balaban J connectivity index is 2.27. The monoisotopic (exact) mass is 288 g/mol. The molecule has 0 aromatic heterocycles. The molecule has 2 amide bonds. The molecule has 0 saturated carbocycles. The molecule has 1 aliphatic rings. The van der Waals surface area contributed by atoms with E-state index in [2.05, 4.69) is 19.2 Å². The summed E-state index contributed by atoms with van der Waals surface area (Å²) in [6.07, 6.45) is 0.557. The number of nitrogens with zero attached hydrogens (tertiary/aromatic N) is 1. The van der Waals surface area contributed by atoms with Crippen LogP contribution in [0.25, 0.3) is 0 Å². The number of piperazine rings is 1. The minimum atomic E-state index is -0.820. The summed E-state index contributed by atoms with van der Waals surface area (Å²) in [5.41, 5.74) is 0.248. The van der Waals surface area contributed by atoms with E-state index in [1.165, 1.54) is 0 Å². The van der Waals surface area contributed by atoms with Gasteiger partial charge >= 0.3 is 0 Å². The largest absolute Gasteiger partial charge is 0.340 e. The molecule has 4 heteroatoms. The van der Waals surface area contributed by atoms with Crippen LogP contribution < -0.4 is 5.32 Å². The van der Waals surface area contributed by atoms with Crippen molar-refractivity contribution in [1.29, 1.82) is 0 Å². The van der Waals surface area contributed by atoms with Crippen LogP contribution in [0.15, 0.2) is 30.3 Å². The van der Waals surface area contributed by atoms with Crippen molar-refractivity contribution in [2.24, 2.45) is 5.92 Å². The van der Waals surface area contributed by atoms with Gasteiger partial charge in [-0.1, -0.05) is 44.2 Å². The number of amides is 2. The van der Waals surface area contributed by atoms with Crippen LogP contribution in [0.1, 0.15) is 33.3 Å². The second kappa shape index (κ2) is 5.88. The van der Waals surface area contributed by atoms with Gasteiger partial charge in [0.1, 0.15) is 11.6 Å². The second-order valence-corrected chi connectivity index (χ2v) is 6.67. The highest BCUT2D eigenvalue weighted by Gasteiger charge is 2.45. The van der Waals surface area contributed by atoms with Gasteiger partial charge in [0.15, 0.2) is 0 Å². The van der Waals surface area contributed by atoms with E-state index in [-0.39, 0.29) is 11.8 Å². The van der Waals surface area contributed by atoms with Gasteiger partial charge in [0.2, 0.25) is 11.8 Å². The normalized spacial score (nSPS) is 21.6. The van der Waals surface area contributed by atoms with Crippen molar-refractivity contribution < 1.29 is 9.59 Å². The van der Waals surface area contributed by atoms with Crippen LogP contribution in [0, 0.1) is 5.92 Å². The van der Waals surface area contributed by atoms with Gasteiger partial charge in [0.05, 0.1) is 0 Å². The summed E-state index contributed by atoms with van der Waals surface area (Å²) in [5, 5.41) is 2.85. The molecule has 1 unspecified atom stereocenters. The zero-order valence-corrected chi connectivity index (χ0v) is 13.2. The zero-order chi connectivity index (χ0) is 15.6. The molecule has 0 spiro atoms. The van der Waals surface area contributed by atoms with Crippen molar-refractivity contribution >= 4 is 11.8 Å². The van der Waals surface area contributed by atoms with Gasteiger partial charge in [-0.2, -0.15) is 0 Å². The summed E-state index contributed by atoms with van der Waals surface area (Å²) in [4.78, 5) is 26.8. The van der Waals surface area contributed by atoms with E-state index >= 15 is 0 Å². The van der Waals surface area contributed by atoms with E-state index in [4.69, 9.17) is 0 Å². The summed E-state index contributed by atoms with van der Waals surface area (Å²) in [6.45, 7) is 8.25. The van der Waals surface area contributed by atoms with Crippen LogP contribution in [0.5, 0.6) is 0 Å². The molecule has 21 heavy (non-hydrogen) atoms. The Labute approximate surface area is 126 Å². The predicted molar refractivity (Wildman–Crippen MR) is 82.7 cm³/mol. The molecule has 0 radical (unpaired) electrons. The van der Waals surface area contributed by atoms with Crippen molar-refractivity contribution in [3.8, 4) is 0 Å². The molecule has 1 heterocycles. The molecule has 114 valence electrons. The molecular formula is C17H24N2O2. The smallest absolute Gasteiger partial charge is 0.248 e. The van der Waals surface area contributed by atoms with Gasteiger partial charge in [0.25, 0.3) is 0 Å². The first kappa shape index (κ1) is 15.5. The second-order valence-electron chi connectivity index (χ2n) is 6.67. The summed E-state index contributed by atoms with van der Waals surface area (Å²) < 4.78 is 0. The Kier molecular flexibility index (Phi) is 4.35. The summed E-state index contributed by atoms with van der Waals surface area (Å²) in [7, 11) is 0. The predicted octanol–water partition coefficient (Wildman–Crippen LogP) is 1.99. The molecule has 1 aromatic carbocycles. The van der Waals surface area contributed by atoms with Crippen molar-refractivity contribution in [2.75, 3.05) is 6.54 Å². The Morgan fingerprint density at radius 1 is 1.19 bits per heavy atom. The maximum atomic E-state index is 12.6. The Morgan fingerprint density at radius 3 is 2.38 bits per heavy atom. The van der Waals surface area contributed by atoms with Crippen LogP contribution in [0.2, 0.25) is 0 Å². The molecule has 1 saturated heterocycles. The van der Waals surface area contributed by atoms with Crippen LogP contribution in [0.4, 0.5) is 0 Å². The van der Waals surface area contributed by atoms with E-state index < -0.39 is 11.6 Å². The van der Waals surface area contributed by atoms with Gasteiger partial charge in [-0.25, -0.2) is 0 Å². The first-order chi connectivity index (χ1) is 9.81. The topological polar surface area (TPSA) is 49.4 Å². The van der Waals surface area contributed by atoms with Gasteiger partial charge in [-0.3, -0.25) is 9.59 Å². The maximum Gasteiger partial charge on any atom is 0.248 e. The number of hydrogen-bond donors (Lipinski definition) is 1. The molecule has 2 rings (SSSR count). The molecular weight excluding hydrogens is 264 g/mol. The molecule has 0 aliphatic carbocycles.